The summed E-state index contributed by atoms with van der Waals surface area (Å²) in [4.78, 5) is 27.8. The molecule has 3 fully saturated rings. The third-order valence-corrected chi connectivity index (χ3v) is 6.94. The molecule has 5 rings (SSSR count). The number of carbonyl (C=O) groups is 2. The van der Waals surface area contributed by atoms with Crippen LogP contribution in [-0.2, 0) is 9.53 Å². The Hall–Kier alpha value is -2.38. The lowest BCUT2D eigenvalue weighted by molar-refractivity contribution is -0.143. The maximum atomic E-state index is 13.1. The quantitative estimate of drug-likeness (QED) is 0.812. The van der Waals surface area contributed by atoms with Crippen LogP contribution >= 0.6 is 11.6 Å². The standard InChI is InChI=1S/C22H25ClN4O3/c23-18-7-6-16(27-9-2-8-24-27)11-17(18)21(28)25-20-14-4-5-15(20)13-26(12-14)22(29)19-3-1-10-30-19/h2,6-9,11,14-15,19-20H,1,3-5,10,12-13H2,(H,25,28)/t14-,15+,19?,20?. The van der Waals surface area contributed by atoms with E-state index >= 15 is 0 Å². The highest BCUT2D eigenvalue weighted by molar-refractivity contribution is 6.33. The highest BCUT2D eigenvalue weighted by Crippen LogP contribution is 2.38. The molecule has 158 valence electrons. The van der Waals surface area contributed by atoms with E-state index in [1.54, 1.807) is 23.0 Å². The smallest absolute Gasteiger partial charge is 0.253 e. The van der Waals surface area contributed by atoms with E-state index in [2.05, 4.69) is 10.4 Å². The summed E-state index contributed by atoms with van der Waals surface area (Å²) in [6.07, 6.45) is 7.05. The van der Waals surface area contributed by atoms with E-state index in [1.165, 1.54) is 0 Å². The molecular formula is C22H25ClN4O3. The fraction of sp³-hybridized carbons (Fsp3) is 0.500. The molecule has 2 amide bonds. The summed E-state index contributed by atoms with van der Waals surface area (Å²) in [5, 5.41) is 7.85. The third-order valence-electron chi connectivity index (χ3n) is 6.61. The maximum Gasteiger partial charge on any atom is 0.253 e. The zero-order valence-corrected chi connectivity index (χ0v) is 17.4. The summed E-state index contributed by atoms with van der Waals surface area (Å²) in [5.41, 5.74) is 1.23. The lowest BCUT2D eigenvalue weighted by Gasteiger charge is -2.39. The van der Waals surface area contributed by atoms with Gasteiger partial charge in [0.15, 0.2) is 0 Å². The Labute approximate surface area is 180 Å². The second-order valence-electron chi connectivity index (χ2n) is 8.46. The van der Waals surface area contributed by atoms with Gasteiger partial charge in [0, 0.05) is 38.1 Å². The fourth-order valence-electron chi connectivity index (χ4n) is 5.09. The van der Waals surface area contributed by atoms with Crippen LogP contribution in [0.3, 0.4) is 0 Å². The van der Waals surface area contributed by atoms with Gasteiger partial charge in [-0.1, -0.05) is 11.6 Å². The van der Waals surface area contributed by atoms with Crippen LogP contribution in [0.5, 0.6) is 0 Å². The number of benzene rings is 1. The Balaban J connectivity index is 1.28. The minimum Gasteiger partial charge on any atom is -0.368 e. The molecule has 2 unspecified atom stereocenters. The number of halogens is 1. The predicted molar refractivity (Wildman–Crippen MR) is 112 cm³/mol. The Morgan fingerprint density at radius 1 is 1.17 bits per heavy atom. The number of aromatic nitrogens is 2. The summed E-state index contributed by atoms with van der Waals surface area (Å²) in [6, 6.07) is 7.23. The van der Waals surface area contributed by atoms with Gasteiger partial charge >= 0.3 is 0 Å². The number of amides is 2. The molecule has 7 nitrogen and oxygen atoms in total. The van der Waals surface area contributed by atoms with Crippen molar-refractivity contribution in [3.05, 3.63) is 47.2 Å². The molecule has 1 aliphatic carbocycles. The van der Waals surface area contributed by atoms with Gasteiger partial charge in [-0.3, -0.25) is 9.59 Å². The molecule has 3 aliphatic rings. The topological polar surface area (TPSA) is 76.5 Å². The number of fused-ring (bicyclic) bond motifs is 2. The molecule has 1 N–H and O–H groups in total. The van der Waals surface area contributed by atoms with Crippen LogP contribution in [-0.4, -0.2) is 58.3 Å². The first kappa shape index (κ1) is 19.6. The van der Waals surface area contributed by atoms with E-state index in [0.29, 0.717) is 30.3 Å². The number of rotatable bonds is 4. The highest BCUT2D eigenvalue weighted by atomic mass is 35.5. The number of carbonyl (C=O) groups excluding carboxylic acids is 2. The largest absolute Gasteiger partial charge is 0.368 e. The van der Waals surface area contributed by atoms with Crippen LogP contribution < -0.4 is 5.32 Å². The molecule has 0 spiro atoms. The maximum absolute atomic E-state index is 13.1. The number of piperidine rings is 1. The number of hydrogen-bond donors (Lipinski definition) is 1. The molecule has 2 saturated heterocycles. The Morgan fingerprint density at radius 3 is 2.63 bits per heavy atom. The van der Waals surface area contributed by atoms with Crippen LogP contribution in [0.2, 0.25) is 5.02 Å². The average Bonchev–Trinajstić information content (AvgIpc) is 3.50. The Morgan fingerprint density at radius 2 is 1.97 bits per heavy atom. The predicted octanol–water partition coefficient (Wildman–Crippen LogP) is 2.67. The molecule has 1 saturated carbocycles. The molecule has 0 radical (unpaired) electrons. The second kappa shape index (κ2) is 8.04. The summed E-state index contributed by atoms with van der Waals surface area (Å²) in [6.45, 7) is 2.04. The molecule has 2 bridgehead atoms. The molecule has 30 heavy (non-hydrogen) atoms. The first-order valence-electron chi connectivity index (χ1n) is 10.6. The van der Waals surface area contributed by atoms with Crippen molar-refractivity contribution in [3.8, 4) is 5.69 Å². The van der Waals surface area contributed by atoms with Crippen molar-refractivity contribution in [1.82, 2.24) is 20.0 Å². The zero-order valence-electron chi connectivity index (χ0n) is 16.7. The van der Waals surface area contributed by atoms with Gasteiger partial charge in [0.1, 0.15) is 6.10 Å². The first-order chi connectivity index (χ1) is 14.6. The lowest BCUT2D eigenvalue weighted by Crippen LogP contribution is -2.55. The minimum atomic E-state index is -0.278. The van der Waals surface area contributed by atoms with Gasteiger partial charge in [0.05, 0.1) is 16.3 Å². The van der Waals surface area contributed by atoms with Crippen molar-refractivity contribution < 1.29 is 14.3 Å². The monoisotopic (exact) mass is 428 g/mol. The van der Waals surface area contributed by atoms with E-state index in [0.717, 1.165) is 31.4 Å². The summed E-state index contributed by atoms with van der Waals surface area (Å²) >= 11 is 6.34. The van der Waals surface area contributed by atoms with Crippen molar-refractivity contribution >= 4 is 23.4 Å². The molecule has 1 aromatic heterocycles. The second-order valence-corrected chi connectivity index (χ2v) is 8.86. The van der Waals surface area contributed by atoms with Crippen molar-refractivity contribution in [1.29, 1.82) is 0 Å². The van der Waals surface area contributed by atoms with Crippen LogP contribution in [0, 0.1) is 11.8 Å². The molecule has 1 aromatic carbocycles. The van der Waals surface area contributed by atoms with Crippen molar-refractivity contribution in [2.75, 3.05) is 19.7 Å². The van der Waals surface area contributed by atoms with Crippen molar-refractivity contribution in [3.63, 3.8) is 0 Å². The van der Waals surface area contributed by atoms with E-state index < -0.39 is 0 Å². The number of ether oxygens (including phenoxy) is 1. The SMILES string of the molecule is O=C(NC1[C@@H]2CC[C@H]1CN(C(=O)C1CCCO1)C2)c1cc(-n2cccn2)ccc1Cl. The zero-order chi connectivity index (χ0) is 20.7. The van der Waals surface area contributed by atoms with Crippen molar-refractivity contribution in [2.45, 2.75) is 37.8 Å². The van der Waals surface area contributed by atoms with Crippen LogP contribution in [0.4, 0.5) is 0 Å². The van der Waals surface area contributed by atoms with Gasteiger partial charge in [0.2, 0.25) is 0 Å². The number of hydrogen-bond acceptors (Lipinski definition) is 4. The fourth-order valence-corrected chi connectivity index (χ4v) is 5.30. The van der Waals surface area contributed by atoms with E-state index in [1.807, 2.05) is 23.2 Å². The normalized spacial score (nSPS) is 28.0. The van der Waals surface area contributed by atoms with Crippen LogP contribution in [0.15, 0.2) is 36.7 Å². The Kier molecular flexibility index (Phi) is 5.25. The van der Waals surface area contributed by atoms with Gasteiger partial charge in [-0.15, -0.1) is 0 Å². The molecule has 2 aliphatic heterocycles. The summed E-state index contributed by atoms with van der Waals surface area (Å²) < 4.78 is 7.28. The first-order valence-corrected chi connectivity index (χ1v) is 11.0. The summed E-state index contributed by atoms with van der Waals surface area (Å²) in [7, 11) is 0. The van der Waals surface area contributed by atoms with Gasteiger partial charge in [-0.05, 0) is 61.8 Å². The third kappa shape index (κ3) is 3.61. The van der Waals surface area contributed by atoms with Crippen molar-refractivity contribution in [2.24, 2.45) is 11.8 Å². The van der Waals surface area contributed by atoms with Gasteiger partial charge in [-0.2, -0.15) is 5.10 Å². The average molecular weight is 429 g/mol. The van der Waals surface area contributed by atoms with Crippen LogP contribution in [0.1, 0.15) is 36.0 Å². The van der Waals surface area contributed by atoms with Gasteiger partial charge < -0.3 is 15.0 Å². The number of nitrogens with one attached hydrogen (secondary N) is 1. The Bertz CT molecular complexity index is 928. The molecular weight excluding hydrogens is 404 g/mol. The number of likely N-dealkylation sites (tertiary alicyclic amines) is 1. The molecule has 2 aromatic rings. The summed E-state index contributed by atoms with van der Waals surface area (Å²) in [5.74, 6) is 0.483. The molecule has 4 atom stereocenters. The van der Waals surface area contributed by atoms with E-state index in [9.17, 15) is 9.59 Å². The lowest BCUT2D eigenvalue weighted by atomic mass is 9.91. The molecule has 3 heterocycles. The highest BCUT2D eigenvalue weighted by Gasteiger charge is 2.45. The van der Waals surface area contributed by atoms with E-state index in [-0.39, 0.29) is 35.8 Å². The van der Waals surface area contributed by atoms with Crippen LogP contribution in [0.25, 0.3) is 5.69 Å². The molecule has 8 heteroatoms. The number of nitrogens with zero attached hydrogens (tertiary/aromatic N) is 3. The van der Waals surface area contributed by atoms with E-state index in [4.69, 9.17) is 16.3 Å². The minimum absolute atomic E-state index is 0.0653. The van der Waals surface area contributed by atoms with Gasteiger partial charge in [0.25, 0.3) is 11.8 Å². The van der Waals surface area contributed by atoms with Gasteiger partial charge in [-0.25, -0.2) is 4.68 Å².